The lowest BCUT2D eigenvalue weighted by molar-refractivity contribution is 0.195. The number of aliphatic imine (C=N–C) groups is 1. The number of piperazine rings is 1. The molecule has 2 unspecified atom stereocenters. The maximum atomic E-state index is 10.3. The lowest BCUT2D eigenvalue weighted by atomic mass is 9.95. The van der Waals surface area contributed by atoms with Gasteiger partial charge in [0.05, 0.1) is 28.5 Å². The van der Waals surface area contributed by atoms with Crippen molar-refractivity contribution in [1.29, 1.82) is 0 Å². The van der Waals surface area contributed by atoms with Gasteiger partial charge in [-0.25, -0.2) is 9.98 Å². The van der Waals surface area contributed by atoms with Gasteiger partial charge < -0.3 is 20.6 Å². The Hall–Kier alpha value is -2.74. The molecule has 1 fully saturated rings. The minimum atomic E-state index is -0.506. The molecule has 32 heavy (non-hydrogen) atoms. The Balaban J connectivity index is 1.55. The quantitative estimate of drug-likeness (QED) is 0.521. The highest BCUT2D eigenvalue weighted by Gasteiger charge is 2.30. The molecule has 0 amide bonds. The lowest BCUT2D eigenvalue weighted by Crippen LogP contribution is -2.49. The van der Waals surface area contributed by atoms with Crippen LogP contribution in [0, 0.1) is 0 Å². The number of nitrogens with one attached hydrogen (secondary N) is 2. The van der Waals surface area contributed by atoms with Gasteiger partial charge in [-0.15, -0.1) is 11.3 Å². The van der Waals surface area contributed by atoms with Crippen molar-refractivity contribution in [2.45, 2.75) is 38.8 Å². The van der Waals surface area contributed by atoms with Crippen LogP contribution in [0.15, 0.2) is 53.5 Å². The summed E-state index contributed by atoms with van der Waals surface area (Å²) in [5.41, 5.74) is 4.98. The Bertz CT molecular complexity index is 1150. The van der Waals surface area contributed by atoms with Crippen molar-refractivity contribution in [3.63, 3.8) is 0 Å². The second-order valence-electron chi connectivity index (χ2n) is 8.72. The fourth-order valence-electron chi connectivity index (χ4n) is 4.37. The van der Waals surface area contributed by atoms with E-state index >= 15 is 0 Å². The maximum absolute atomic E-state index is 10.3. The second-order valence-corrected chi connectivity index (χ2v) is 9.75. The fourth-order valence-corrected chi connectivity index (χ4v) is 5.34. The minimum Gasteiger partial charge on any atom is -0.389 e. The van der Waals surface area contributed by atoms with E-state index < -0.39 is 6.10 Å². The molecule has 2 aromatic carbocycles. The van der Waals surface area contributed by atoms with Crippen LogP contribution in [0.25, 0.3) is 0 Å². The highest BCUT2D eigenvalue weighted by atomic mass is 32.1. The second kappa shape index (κ2) is 8.65. The van der Waals surface area contributed by atoms with Gasteiger partial charge >= 0.3 is 0 Å². The van der Waals surface area contributed by atoms with E-state index in [1.165, 1.54) is 0 Å². The smallest absolute Gasteiger partial charge is 0.158 e. The molecule has 0 saturated carbocycles. The molecule has 0 radical (unpaired) electrons. The molecule has 7 heteroatoms. The summed E-state index contributed by atoms with van der Waals surface area (Å²) in [5, 5.41) is 19.7. The van der Waals surface area contributed by atoms with E-state index in [9.17, 15) is 5.11 Å². The van der Waals surface area contributed by atoms with Gasteiger partial charge in [0.25, 0.3) is 0 Å². The van der Waals surface area contributed by atoms with Crippen LogP contribution in [0.2, 0.25) is 0 Å². The van der Waals surface area contributed by atoms with E-state index in [1.807, 2.05) is 43.3 Å². The van der Waals surface area contributed by atoms with Gasteiger partial charge in [-0.1, -0.05) is 50.2 Å². The zero-order valence-corrected chi connectivity index (χ0v) is 19.5. The maximum Gasteiger partial charge on any atom is 0.158 e. The van der Waals surface area contributed by atoms with E-state index in [4.69, 9.17) is 9.98 Å². The van der Waals surface area contributed by atoms with Crippen LogP contribution in [-0.4, -0.2) is 40.5 Å². The van der Waals surface area contributed by atoms with Crippen LogP contribution in [0.1, 0.15) is 60.7 Å². The van der Waals surface area contributed by atoms with Crippen molar-refractivity contribution in [2.75, 3.05) is 25.0 Å². The molecule has 0 spiro atoms. The summed E-state index contributed by atoms with van der Waals surface area (Å²) in [5.74, 6) is 1.28. The number of aromatic nitrogens is 1. The molecular weight excluding hydrogens is 418 g/mol. The van der Waals surface area contributed by atoms with Crippen LogP contribution in [0.3, 0.4) is 0 Å². The molecule has 3 N–H and O–H groups in total. The van der Waals surface area contributed by atoms with E-state index in [2.05, 4.69) is 41.5 Å². The number of hydrogen-bond acceptors (Lipinski definition) is 7. The lowest BCUT2D eigenvalue weighted by Gasteiger charge is -2.36. The van der Waals surface area contributed by atoms with Crippen molar-refractivity contribution in [1.82, 2.24) is 15.2 Å². The molecule has 3 aromatic rings. The van der Waals surface area contributed by atoms with Crippen molar-refractivity contribution in [2.24, 2.45) is 4.99 Å². The number of thiazole rings is 1. The van der Waals surface area contributed by atoms with E-state index in [0.29, 0.717) is 5.92 Å². The highest BCUT2D eigenvalue weighted by molar-refractivity contribution is 7.16. The van der Waals surface area contributed by atoms with Crippen LogP contribution in [0.4, 0.5) is 16.4 Å². The number of aliphatic hydroxyl groups excluding tert-OH is 1. The molecule has 1 saturated heterocycles. The predicted octanol–water partition coefficient (Wildman–Crippen LogP) is 5.10. The average Bonchev–Trinajstić information content (AvgIpc) is 3.15. The van der Waals surface area contributed by atoms with Gasteiger partial charge in [0.1, 0.15) is 10.7 Å². The van der Waals surface area contributed by atoms with Gasteiger partial charge in [0, 0.05) is 25.6 Å². The number of anilines is 2. The van der Waals surface area contributed by atoms with Crippen LogP contribution in [0.5, 0.6) is 0 Å². The summed E-state index contributed by atoms with van der Waals surface area (Å²) in [6, 6.07) is 16.4. The molecule has 166 valence electrons. The SMILES string of the molecule is CC(C)c1nc2c(s1)Nc1ccccc1N=C2N1CCNC(c2ccccc2C(C)O)C1. The molecule has 2 aliphatic heterocycles. The largest absolute Gasteiger partial charge is 0.389 e. The van der Waals surface area contributed by atoms with Crippen LogP contribution in [-0.2, 0) is 0 Å². The zero-order chi connectivity index (χ0) is 22.2. The standard InChI is InChI=1S/C25H29N5OS/c1-15(2)24-29-22-23(27-19-10-6-7-11-20(19)28-25(22)32-24)30-13-12-26-21(14-30)18-9-5-4-8-17(18)16(3)31/h4-11,15-16,21,26,28,31H,12-14H2,1-3H3. The molecule has 1 aromatic heterocycles. The molecule has 0 bridgehead atoms. The topological polar surface area (TPSA) is 72.8 Å². The average molecular weight is 448 g/mol. The summed E-state index contributed by atoms with van der Waals surface area (Å²) >= 11 is 1.71. The zero-order valence-electron chi connectivity index (χ0n) is 18.7. The van der Waals surface area contributed by atoms with Gasteiger partial charge in [-0.05, 0) is 30.2 Å². The number of nitrogens with zero attached hydrogens (tertiary/aromatic N) is 3. The fraction of sp³-hybridized carbons (Fsp3) is 0.360. The Morgan fingerprint density at radius 2 is 1.88 bits per heavy atom. The third-order valence-corrected chi connectivity index (χ3v) is 7.30. The van der Waals surface area contributed by atoms with Gasteiger partial charge in [0.2, 0.25) is 0 Å². The van der Waals surface area contributed by atoms with Crippen molar-refractivity contribution >= 4 is 33.5 Å². The first-order chi connectivity index (χ1) is 15.5. The minimum absolute atomic E-state index is 0.107. The monoisotopic (exact) mass is 447 g/mol. The van der Waals surface area contributed by atoms with E-state index in [0.717, 1.165) is 63.7 Å². The highest BCUT2D eigenvalue weighted by Crippen LogP contribution is 2.39. The van der Waals surface area contributed by atoms with Crippen molar-refractivity contribution in [3.8, 4) is 0 Å². The number of amidine groups is 1. The molecule has 3 heterocycles. The van der Waals surface area contributed by atoms with E-state index in [-0.39, 0.29) is 6.04 Å². The Morgan fingerprint density at radius 3 is 2.69 bits per heavy atom. The summed E-state index contributed by atoms with van der Waals surface area (Å²) in [4.78, 5) is 12.5. The molecule has 5 rings (SSSR count). The van der Waals surface area contributed by atoms with Gasteiger partial charge in [0.15, 0.2) is 5.84 Å². The van der Waals surface area contributed by atoms with Crippen molar-refractivity contribution in [3.05, 3.63) is 70.4 Å². The molecule has 6 nitrogen and oxygen atoms in total. The van der Waals surface area contributed by atoms with Crippen LogP contribution >= 0.6 is 11.3 Å². The third kappa shape index (κ3) is 3.92. The van der Waals surface area contributed by atoms with Gasteiger partial charge in [-0.2, -0.15) is 0 Å². The number of rotatable bonds is 3. The number of fused-ring (bicyclic) bond motifs is 2. The number of aliphatic hydroxyl groups is 1. The first kappa shape index (κ1) is 21.1. The summed E-state index contributed by atoms with van der Waals surface area (Å²) in [6.45, 7) is 8.63. The Labute approximate surface area is 193 Å². The summed E-state index contributed by atoms with van der Waals surface area (Å²) in [7, 11) is 0. The normalized spacial score (nSPS) is 19.0. The number of para-hydroxylation sites is 2. The van der Waals surface area contributed by atoms with E-state index in [1.54, 1.807) is 11.3 Å². The summed E-state index contributed by atoms with van der Waals surface area (Å²) in [6.07, 6.45) is -0.506. The first-order valence-corrected chi connectivity index (χ1v) is 12.0. The molecule has 2 atom stereocenters. The van der Waals surface area contributed by atoms with Crippen molar-refractivity contribution < 1.29 is 5.11 Å². The molecular formula is C25H29N5OS. The van der Waals surface area contributed by atoms with Crippen LogP contribution < -0.4 is 10.6 Å². The third-order valence-electron chi connectivity index (χ3n) is 6.02. The Kier molecular flexibility index (Phi) is 5.71. The van der Waals surface area contributed by atoms with Gasteiger partial charge in [-0.3, -0.25) is 0 Å². The number of benzene rings is 2. The first-order valence-electron chi connectivity index (χ1n) is 11.2. The Morgan fingerprint density at radius 1 is 1.09 bits per heavy atom. The predicted molar refractivity (Wildman–Crippen MR) is 132 cm³/mol. The molecule has 2 aliphatic rings. The summed E-state index contributed by atoms with van der Waals surface area (Å²) < 4.78 is 0. The number of hydrogen-bond donors (Lipinski definition) is 3. The molecule has 0 aliphatic carbocycles.